The van der Waals surface area contributed by atoms with Gasteiger partial charge in [0.2, 0.25) is 0 Å². The molecule has 136 valence electrons. The molecule has 0 aromatic carbocycles. The van der Waals surface area contributed by atoms with Gasteiger partial charge in [-0.15, -0.1) is 0 Å². The van der Waals surface area contributed by atoms with E-state index in [9.17, 15) is 22.8 Å². The van der Waals surface area contributed by atoms with Crippen molar-refractivity contribution in [2.45, 2.75) is 46.5 Å². The van der Waals surface area contributed by atoms with Crippen molar-refractivity contribution in [1.82, 2.24) is 9.13 Å². The maximum Gasteiger partial charge on any atom is 0.417 e. The predicted molar refractivity (Wildman–Crippen MR) is 89.3 cm³/mol. The van der Waals surface area contributed by atoms with Gasteiger partial charge in [-0.1, -0.05) is 11.6 Å². The summed E-state index contributed by atoms with van der Waals surface area (Å²) in [7, 11) is 0. The van der Waals surface area contributed by atoms with E-state index in [1.54, 1.807) is 13.0 Å². The number of aryl methyl sites for hydroxylation is 1. The average Bonchev–Trinajstić information content (AvgIpc) is 2.77. The predicted octanol–water partition coefficient (Wildman–Crippen LogP) is 4.40. The molecule has 2 rings (SSSR count). The summed E-state index contributed by atoms with van der Waals surface area (Å²) in [5.74, 6) is -0.447. The molecular weight excluding hydrogens is 357 g/mol. The minimum absolute atomic E-state index is 0.132. The average molecular weight is 375 g/mol. The minimum atomic E-state index is -4.66. The molecule has 0 N–H and O–H groups in total. The Morgan fingerprint density at radius 3 is 2.32 bits per heavy atom. The number of Topliss-reactive ketones (excluding diaryl/α,β-unsaturated/α-hetero) is 1. The van der Waals surface area contributed by atoms with Gasteiger partial charge in [0.1, 0.15) is 5.02 Å². The van der Waals surface area contributed by atoms with Crippen LogP contribution in [0.1, 0.15) is 47.2 Å². The number of aromatic nitrogens is 2. The molecule has 0 unspecified atom stereocenters. The SMILES string of the molecule is Cc1cc(C(=O)Cn2cc(C(F)(F)F)cc(Cl)c2=O)c(C)n1C(C)C. The number of halogens is 4. The second kappa shape index (κ2) is 6.71. The summed E-state index contributed by atoms with van der Waals surface area (Å²) >= 11 is 5.61. The maximum atomic E-state index is 12.9. The zero-order chi connectivity index (χ0) is 19.1. The van der Waals surface area contributed by atoms with Gasteiger partial charge in [-0.3, -0.25) is 9.59 Å². The molecule has 2 aromatic rings. The number of carbonyl (C=O) groups is 1. The summed E-state index contributed by atoms with van der Waals surface area (Å²) in [4.78, 5) is 24.5. The Hall–Kier alpha value is -2.02. The molecule has 2 aromatic heterocycles. The molecule has 2 heterocycles. The monoisotopic (exact) mass is 374 g/mol. The van der Waals surface area contributed by atoms with Gasteiger partial charge in [0.05, 0.1) is 12.1 Å². The van der Waals surface area contributed by atoms with E-state index in [2.05, 4.69) is 0 Å². The van der Waals surface area contributed by atoms with Gasteiger partial charge >= 0.3 is 6.18 Å². The number of rotatable bonds is 4. The van der Waals surface area contributed by atoms with Crippen LogP contribution in [0.2, 0.25) is 5.02 Å². The van der Waals surface area contributed by atoms with Crippen LogP contribution in [0.3, 0.4) is 0 Å². The van der Waals surface area contributed by atoms with Crippen molar-refractivity contribution in [3.8, 4) is 0 Å². The van der Waals surface area contributed by atoms with E-state index < -0.39 is 34.6 Å². The molecule has 4 nitrogen and oxygen atoms in total. The van der Waals surface area contributed by atoms with Gasteiger partial charge in [0.25, 0.3) is 5.56 Å². The lowest BCUT2D eigenvalue weighted by Crippen LogP contribution is -2.26. The number of ketones is 1. The van der Waals surface area contributed by atoms with Crippen molar-refractivity contribution < 1.29 is 18.0 Å². The van der Waals surface area contributed by atoms with Gasteiger partial charge in [-0.25, -0.2) is 0 Å². The third-order valence-electron chi connectivity index (χ3n) is 3.98. The fourth-order valence-electron chi connectivity index (χ4n) is 2.97. The number of carbonyl (C=O) groups excluding carboxylic acids is 1. The molecule has 8 heteroatoms. The van der Waals surface area contributed by atoms with E-state index in [4.69, 9.17) is 11.6 Å². The highest BCUT2D eigenvalue weighted by atomic mass is 35.5. The lowest BCUT2D eigenvalue weighted by atomic mass is 10.1. The first-order chi connectivity index (χ1) is 11.4. The Morgan fingerprint density at radius 2 is 1.84 bits per heavy atom. The normalized spacial score (nSPS) is 12.0. The number of alkyl halides is 3. The largest absolute Gasteiger partial charge is 0.417 e. The molecule has 0 fully saturated rings. The van der Waals surface area contributed by atoms with Crippen LogP contribution in [-0.4, -0.2) is 14.9 Å². The van der Waals surface area contributed by atoms with Crippen LogP contribution >= 0.6 is 11.6 Å². The van der Waals surface area contributed by atoms with Crippen LogP contribution in [0.5, 0.6) is 0 Å². The topological polar surface area (TPSA) is 44.0 Å². The van der Waals surface area contributed by atoms with Crippen molar-refractivity contribution in [1.29, 1.82) is 0 Å². The van der Waals surface area contributed by atoms with Crippen LogP contribution in [-0.2, 0) is 12.7 Å². The van der Waals surface area contributed by atoms with Gasteiger partial charge in [-0.2, -0.15) is 13.2 Å². The number of hydrogen-bond donors (Lipinski definition) is 0. The third kappa shape index (κ3) is 3.81. The molecule has 0 bridgehead atoms. The van der Waals surface area contributed by atoms with E-state index in [0.717, 1.165) is 5.69 Å². The molecule has 0 amide bonds. The first-order valence-electron chi connectivity index (χ1n) is 7.62. The fraction of sp³-hybridized carbons (Fsp3) is 0.412. The van der Waals surface area contributed by atoms with Crippen molar-refractivity contribution in [2.24, 2.45) is 0 Å². The summed E-state index contributed by atoms with van der Waals surface area (Å²) in [5, 5.41) is -0.574. The Balaban J connectivity index is 2.44. The third-order valence-corrected chi connectivity index (χ3v) is 4.26. The van der Waals surface area contributed by atoms with Gasteiger partial charge in [0, 0.05) is 29.2 Å². The summed E-state index contributed by atoms with van der Waals surface area (Å²) in [6.45, 7) is 7.03. The first kappa shape index (κ1) is 19.3. The van der Waals surface area contributed by atoms with Crippen LogP contribution in [0.25, 0.3) is 0 Å². The smallest absolute Gasteiger partial charge is 0.346 e. The highest BCUT2D eigenvalue weighted by molar-refractivity contribution is 6.30. The quantitative estimate of drug-likeness (QED) is 0.744. The summed E-state index contributed by atoms with van der Waals surface area (Å²) in [6, 6.07) is 2.38. The maximum absolute atomic E-state index is 12.9. The van der Waals surface area contributed by atoms with E-state index in [-0.39, 0.29) is 6.04 Å². The standard InChI is InChI=1S/C17H18ClF3N2O2/c1-9(2)23-10(3)5-13(11(23)4)15(24)8-22-7-12(17(19,20)21)6-14(18)16(22)25/h5-7,9H,8H2,1-4H3. The van der Waals surface area contributed by atoms with Crippen LogP contribution < -0.4 is 5.56 Å². The highest BCUT2D eigenvalue weighted by Gasteiger charge is 2.32. The molecule has 0 aliphatic carbocycles. The van der Waals surface area contributed by atoms with Gasteiger partial charge < -0.3 is 9.13 Å². The Labute approximate surface area is 147 Å². The van der Waals surface area contributed by atoms with Crippen molar-refractivity contribution in [2.75, 3.05) is 0 Å². The lowest BCUT2D eigenvalue weighted by molar-refractivity contribution is -0.138. The molecule has 0 saturated carbocycles. The Kier molecular flexibility index (Phi) is 5.18. The highest BCUT2D eigenvalue weighted by Crippen LogP contribution is 2.29. The second-order valence-electron chi connectivity index (χ2n) is 6.18. The summed E-state index contributed by atoms with van der Waals surface area (Å²) < 4.78 is 41.3. The van der Waals surface area contributed by atoms with Crippen LogP contribution in [0, 0.1) is 13.8 Å². The fourth-order valence-corrected chi connectivity index (χ4v) is 3.19. The summed E-state index contributed by atoms with van der Waals surface area (Å²) in [5.41, 5.74) is 0.0544. The van der Waals surface area contributed by atoms with Crippen molar-refractivity contribution >= 4 is 17.4 Å². The van der Waals surface area contributed by atoms with Gasteiger partial charge in [0.15, 0.2) is 5.78 Å². The number of nitrogens with zero attached hydrogens (tertiary/aromatic N) is 2. The van der Waals surface area contributed by atoms with E-state index in [1.165, 1.54) is 0 Å². The van der Waals surface area contributed by atoms with Crippen LogP contribution in [0.4, 0.5) is 13.2 Å². The van der Waals surface area contributed by atoms with Gasteiger partial charge in [-0.05, 0) is 39.8 Å². The number of hydrogen-bond acceptors (Lipinski definition) is 2. The molecule has 0 aliphatic heterocycles. The molecule has 0 spiro atoms. The molecule has 0 atom stereocenters. The van der Waals surface area contributed by atoms with Crippen molar-refractivity contribution in [3.63, 3.8) is 0 Å². The molecule has 0 radical (unpaired) electrons. The first-order valence-corrected chi connectivity index (χ1v) is 8.00. The van der Waals surface area contributed by atoms with E-state index in [0.29, 0.717) is 28.1 Å². The zero-order valence-corrected chi connectivity index (χ0v) is 15.0. The molecule has 0 saturated heterocycles. The lowest BCUT2D eigenvalue weighted by Gasteiger charge is -2.14. The molecule has 25 heavy (non-hydrogen) atoms. The summed E-state index contributed by atoms with van der Waals surface area (Å²) in [6.07, 6.45) is -4.04. The zero-order valence-electron chi connectivity index (χ0n) is 14.2. The number of pyridine rings is 1. The van der Waals surface area contributed by atoms with E-state index >= 15 is 0 Å². The molecular formula is C17H18ClF3N2O2. The molecule has 0 aliphatic rings. The second-order valence-corrected chi connectivity index (χ2v) is 6.59. The minimum Gasteiger partial charge on any atom is -0.346 e. The van der Waals surface area contributed by atoms with Crippen molar-refractivity contribution in [3.05, 3.63) is 56.2 Å². The van der Waals surface area contributed by atoms with E-state index in [1.807, 2.05) is 25.3 Å². The Morgan fingerprint density at radius 1 is 1.24 bits per heavy atom. The Bertz CT molecular complexity index is 879. The van der Waals surface area contributed by atoms with Crippen LogP contribution in [0.15, 0.2) is 23.1 Å².